The fourth-order valence-electron chi connectivity index (χ4n) is 2.25. The molecule has 8 heteroatoms. The summed E-state index contributed by atoms with van der Waals surface area (Å²) in [6, 6.07) is 11.3. The molecule has 0 unspecified atom stereocenters. The summed E-state index contributed by atoms with van der Waals surface area (Å²) in [7, 11) is 0. The topological polar surface area (TPSA) is 42.4 Å². The Hall–Kier alpha value is -1.96. The number of hydrogen-bond donors (Lipinski definition) is 0. The maximum Gasteiger partial charge on any atom is 0.230 e. The molecule has 0 saturated carbocycles. The van der Waals surface area contributed by atoms with Crippen molar-refractivity contribution >= 4 is 55.6 Å². The largest absolute Gasteiger partial charge is 0.486 e. The van der Waals surface area contributed by atoms with Crippen LogP contribution in [0.2, 0.25) is 5.02 Å². The van der Waals surface area contributed by atoms with Gasteiger partial charge in [-0.15, -0.1) is 11.3 Å². The summed E-state index contributed by atoms with van der Waals surface area (Å²) < 4.78 is 20.5. The first-order chi connectivity index (χ1) is 12.5. The van der Waals surface area contributed by atoms with E-state index in [1.54, 1.807) is 41.8 Å². The normalized spacial score (nSPS) is 10.6. The minimum atomic E-state index is -0.485. The third kappa shape index (κ3) is 4.23. The van der Waals surface area contributed by atoms with Gasteiger partial charge in [-0.3, -0.25) is 9.69 Å². The molecule has 0 spiro atoms. The number of halogens is 3. The maximum atomic E-state index is 14.1. The second-order valence-corrected chi connectivity index (χ2v) is 7.42. The van der Waals surface area contributed by atoms with Crippen molar-refractivity contribution in [2.24, 2.45) is 0 Å². The van der Waals surface area contributed by atoms with Crippen LogP contribution in [0.15, 0.2) is 52.3 Å². The van der Waals surface area contributed by atoms with Crippen LogP contribution in [0, 0.1) is 5.82 Å². The Morgan fingerprint density at radius 3 is 2.81 bits per heavy atom. The van der Waals surface area contributed by atoms with E-state index in [1.165, 1.54) is 29.2 Å². The first-order valence-electron chi connectivity index (χ1n) is 7.53. The molecule has 0 fully saturated rings. The van der Waals surface area contributed by atoms with Gasteiger partial charge in [0.15, 0.2) is 5.13 Å². The van der Waals surface area contributed by atoms with Gasteiger partial charge < -0.3 is 4.74 Å². The standard InChI is InChI=1S/C18H13BrClFN2O2S/c1-11(24)23(16-5-3-2-4-15(16)21)18-22-13(10-26-18)9-25-17-7-6-12(20)8-14(17)19/h2-8,10H,9H2,1H3. The molecule has 0 bridgehead atoms. The van der Waals surface area contributed by atoms with Gasteiger partial charge in [0.05, 0.1) is 15.9 Å². The summed E-state index contributed by atoms with van der Waals surface area (Å²) in [6.45, 7) is 1.58. The van der Waals surface area contributed by atoms with Gasteiger partial charge in [-0.1, -0.05) is 23.7 Å². The lowest BCUT2D eigenvalue weighted by Gasteiger charge is -2.18. The highest BCUT2D eigenvalue weighted by Crippen LogP contribution is 2.32. The number of anilines is 2. The van der Waals surface area contributed by atoms with E-state index in [9.17, 15) is 9.18 Å². The number of aromatic nitrogens is 1. The van der Waals surface area contributed by atoms with Crippen molar-refractivity contribution in [2.75, 3.05) is 4.90 Å². The number of nitrogens with zero attached hydrogens (tertiary/aromatic N) is 2. The van der Waals surface area contributed by atoms with Gasteiger partial charge in [0, 0.05) is 17.3 Å². The minimum absolute atomic E-state index is 0.169. The van der Waals surface area contributed by atoms with Crippen LogP contribution < -0.4 is 9.64 Å². The highest BCUT2D eigenvalue weighted by molar-refractivity contribution is 9.10. The molecule has 0 aliphatic heterocycles. The molecular weight excluding hydrogens is 443 g/mol. The maximum absolute atomic E-state index is 14.1. The number of carbonyl (C=O) groups is 1. The zero-order valence-corrected chi connectivity index (χ0v) is 16.7. The zero-order valence-electron chi connectivity index (χ0n) is 13.6. The molecule has 2 aromatic carbocycles. The van der Waals surface area contributed by atoms with Crippen molar-refractivity contribution < 1.29 is 13.9 Å². The number of thiazole rings is 1. The van der Waals surface area contributed by atoms with E-state index in [0.29, 0.717) is 21.6 Å². The van der Waals surface area contributed by atoms with Crippen molar-refractivity contribution in [3.05, 3.63) is 68.9 Å². The van der Waals surface area contributed by atoms with Crippen molar-refractivity contribution in [3.8, 4) is 5.75 Å². The molecule has 0 saturated heterocycles. The fourth-order valence-corrected chi connectivity index (χ4v) is 3.91. The van der Waals surface area contributed by atoms with Crippen LogP contribution in [0.1, 0.15) is 12.6 Å². The summed E-state index contributed by atoms with van der Waals surface area (Å²) in [6.07, 6.45) is 0. The highest BCUT2D eigenvalue weighted by Gasteiger charge is 2.21. The van der Waals surface area contributed by atoms with Crippen LogP contribution in [-0.2, 0) is 11.4 Å². The van der Waals surface area contributed by atoms with Crippen LogP contribution in [0.3, 0.4) is 0 Å². The number of ether oxygens (including phenoxy) is 1. The molecule has 134 valence electrons. The molecule has 26 heavy (non-hydrogen) atoms. The van der Waals surface area contributed by atoms with E-state index >= 15 is 0 Å². The molecule has 0 aliphatic rings. The Kier molecular flexibility index (Phi) is 5.90. The van der Waals surface area contributed by atoms with Gasteiger partial charge >= 0.3 is 0 Å². The van der Waals surface area contributed by atoms with Crippen LogP contribution in [0.4, 0.5) is 15.2 Å². The number of carbonyl (C=O) groups excluding carboxylic acids is 1. The number of hydrogen-bond acceptors (Lipinski definition) is 4. The Morgan fingerprint density at radius 1 is 1.35 bits per heavy atom. The summed E-state index contributed by atoms with van der Waals surface area (Å²) >= 11 is 10.5. The van der Waals surface area contributed by atoms with E-state index in [-0.39, 0.29) is 18.2 Å². The lowest BCUT2D eigenvalue weighted by atomic mass is 10.3. The molecule has 1 heterocycles. The predicted octanol–water partition coefficient (Wildman–Crippen LogP) is 5.96. The lowest BCUT2D eigenvalue weighted by molar-refractivity contribution is -0.115. The fraction of sp³-hybridized carbons (Fsp3) is 0.111. The molecule has 3 aromatic rings. The van der Waals surface area contributed by atoms with Crippen molar-refractivity contribution in [1.29, 1.82) is 0 Å². The average Bonchev–Trinajstić information content (AvgIpc) is 3.04. The molecule has 3 rings (SSSR count). The summed E-state index contributed by atoms with van der Waals surface area (Å²) in [5.74, 6) is -0.181. The summed E-state index contributed by atoms with van der Waals surface area (Å²) in [5, 5.41) is 2.76. The van der Waals surface area contributed by atoms with Crippen LogP contribution >= 0.6 is 38.9 Å². The Bertz CT molecular complexity index is 950. The Balaban J connectivity index is 1.79. The minimum Gasteiger partial charge on any atom is -0.486 e. The third-order valence-corrected chi connectivity index (χ3v) is 5.14. The van der Waals surface area contributed by atoms with E-state index in [1.807, 2.05) is 0 Å². The van der Waals surface area contributed by atoms with Gasteiger partial charge in [0.1, 0.15) is 18.2 Å². The zero-order chi connectivity index (χ0) is 18.7. The summed E-state index contributed by atoms with van der Waals surface area (Å²) in [4.78, 5) is 17.7. The summed E-state index contributed by atoms with van der Waals surface area (Å²) in [5.41, 5.74) is 0.803. The van der Waals surface area contributed by atoms with Gasteiger partial charge in [-0.2, -0.15) is 0 Å². The van der Waals surface area contributed by atoms with Gasteiger partial charge in [-0.25, -0.2) is 9.37 Å². The van der Waals surface area contributed by atoms with Crippen LogP contribution in [0.5, 0.6) is 5.75 Å². The smallest absolute Gasteiger partial charge is 0.230 e. The number of benzene rings is 2. The van der Waals surface area contributed by atoms with Crippen molar-refractivity contribution in [1.82, 2.24) is 4.98 Å². The van der Waals surface area contributed by atoms with Gasteiger partial charge in [0.25, 0.3) is 0 Å². The quantitative estimate of drug-likeness (QED) is 0.476. The Labute approximate surface area is 167 Å². The second kappa shape index (κ2) is 8.16. The molecular formula is C18H13BrClFN2O2S. The predicted molar refractivity (Wildman–Crippen MR) is 105 cm³/mol. The molecule has 0 N–H and O–H groups in total. The Morgan fingerprint density at radius 2 is 2.12 bits per heavy atom. The van der Waals surface area contributed by atoms with Gasteiger partial charge in [0.2, 0.25) is 5.91 Å². The molecule has 0 aliphatic carbocycles. The molecule has 0 atom stereocenters. The van der Waals surface area contributed by atoms with E-state index < -0.39 is 5.82 Å². The lowest BCUT2D eigenvalue weighted by Crippen LogP contribution is -2.23. The van der Waals surface area contributed by atoms with E-state index in [4.69, 9.17) is 16.3 Å². The average molecular weight is 456 g/mol. The van der Waals surface area contributed by atoms with Crippen molar-refractivity contribution in [3.63, 3.8) is 0 Å². The molecule has 0 radical (unpaired) electrons. The highest BCUT2D eigenvalue weighted by atomic mass is 79.9. The first kappa shape index (κ1) is 18.8. The number of rotatable bonds is 5. The number of amides is 1. The van der Waals surface area contributed by atoms with Crippen LogP contribution in [-0.4, -0.2) is 10.9 Å². The molecule has 1 amide bonds. The van der Waals surface area contributed by atoms with E-state index in [2.05, 4.69) is 20.9 Å². The first-order valence-corrected chi connectivity index (χ1v) is 9.58. The number of para-hydroxylation sites is 1. The molecule has 4 nitrogen and oxygen atoms in total. The second-order valence-electron chi connectivity index (χ2n) is 5.29. The monoisotopic (exact) mass is 454 g/mol. The van der Waals surface area contributed by atoms with Crippen molar-refractivity contribution in [2.45, 2.75) is 13.5 Å². The SMILES string of the molecule is CC(=O)N(c1nc(COc2ccc(Cl)cc2Br)cs1)c1ccccc1F. The van der Waals surface area contributed by atoms with Gasteiger partial charge in [-0.05, 0) is 46.3 Å². The third-order valence-electron chi connectivity index (χ3n) is 3.41. The van der Waals surface area contributed by atoms with Crippen LogP contribution in [0.25, 0.3) is 0 Å². The molecule has 1 aromatic heterocycles. The van der Waals surface area contributed by atoms with E-state index in [0.717, 1.165) is 4.47 Å².